The van der Waals surface area contributed by atoms with Crippen molar-refractivity contribution < 1.29 is 4.79 Å². The molecule has 0 bridgehead atoms. The van der Waals surface area contributed by atoms with Gasteiger partial charge in [-0.2, -0.15) is 0 Å². The lowest BCUT2D eigenvalue weighted by Crippen LogP contribution is -2.14. The average Bonchev–Trinajstić information content (AvgIpc) is 2.99. The van der Waals surface area contributed by atoms with Crippen LogP contribution in [-0.4, -0.2) is 31.4 Å². The molecule has 0 aliphatic rings. The fourth-order valence-corrected chi connectivity index (χ4v) is 3.63. The van der Waals surface area contributed by atoms with E-state index in [1.54, 1.807) is 0 Å². The smallest absolute Gasteiger partial charge is 0.234 e. The van der Waals surface area contributed by atoms with Crippen molar-refractivity contribution in [2.45, 2.75) is 18.5 Å². The number of aryl methyl sites for hydroxylation is 2. The summed E-state index contributed by atoms with van der Waals surface area (Å²) in [7, 11) is 1.96. The fourth-order valence-electron chi connectivity index (χ4n) is 3.05. The lowest BCUT2D eigenvalue weighted by molar-refractivity contribution is -0.113. The van der Waals surface area contributed by atoms with Gasteiger partial charge in [-0.15, -0.1) is 10.2 Å². The van der Waals surface area contributed by atoms with Crippen LogP contribution in [0.5, 0.6) is 0 Å². The van der Waals surface area contributed by atoms with Crippen LogP contribution in [0.25, 0.3) is 22.1 Å². The third kappa shape index (κ3) is 3.50. The molecular weight excluding hydrogens is 358 g/mol. The summed E-state index contributed by atoms with van der Waals surface area (Å²) < 4.78 is 2.00. The van der Waals surface area contributed by atoms with E-state index in [4.69, 9.17) is 0 Å². The molecule has 2 aromatic carbocycles. The zero-order valence-electron chi connectivity index (χ0n) is 15.1. The molecule has 0 aliphatic heterocycles. The summed E-state index contributed by atoms with van der Waals surface area (Å²) in [5, 5.41) is 12.9. The number of para-hydroxylation sites is 1. The van der Waals surface area contributed by atoms with E-state index >= 15 is 0 Å². The zero-order valence-corrected chi connectivity index (χ0v) is 16.0. The zero-order chi connectivity index (χ0) is 18.8. The van der Waals surface area contributed by atoms with E-state index in [0.717, 1.165) is 34.2 Å². The molecule has 4 aromatic rings. The molecule has 0 saturated heterocycles. The number of nitrogens with zero attached hydrogens (tertiary/aromatic N) is 4. The van der Waals surface area contributed by atoms with Crippen LogP contribution in [0.2, 0.25) is 0 Å². The summed E-state index contributed by atoms with van der Waals surface area (Å²) in [6, 6.07) is 15.9. The first kappa shape index (κ1) is 17.5. The summed E-state index contributed by atoms with van der Waals surface area (Å²) in [4.78, 5) is 16.8. The van der Waals surface area contributed by atoms with Crippen LogP contribution >= 0.6 is 11.8 Å². The van der Waals surface area contributed by atoms with Crippen molar-refractivity contribution in [3.05, 3.63) is 54.1 Å². The second kappa shape index (κ2) is 7.36. The van der Waals surface area contributed by atoms with Crippen LogP contribution in [0.1, 0.15) is 12.5 Å². The van der Waals surface area contributed by atoms with Gasteiger partial charge in [-0.1, -0.05) is 49.0 Å². The largest absolute Gasteiger partial charge is 0.327 e. The first-order valence-electron chi connectivity index (χ1n) is 8.75. The summed E-state index contributed by atoms with van der Waals surface area (Å²) in [6.07, 6.45) is 0.934. The van der Waals surface area contributed by atoms with Gasteiger partial charge < -0.3 is 9.88 Å². The van der Waals surface area contributed by atoms with Gasteiger partial charge in [0, 0.05) is 18.1 Å². The molecule has 4 rings (SSSR count). The number of nitrogens with one attached hydrogen (secondary N) is 1. The Morgan fingerprint density at radius 2 is 2.00 bits per heavy atom. The Balaban J connectivity index is 1.49. The van der Waals surface area contributed by atoms with Crippen LogP contribution in [-0.2, 0) is 18.3 Å². The molecule has 0 unspecified atom stereocenters. The van der Waals surface area contributed by atoms with Gasteiger partial charge in [-0.3, -0.25) is 4.79 Å². The van der Waals surface area contributed by atoms with Crippen molar-refractivity contribution in [2.24, 2.45) is 7.05 Å². The lowest BCUT2D eigenvalue weighted by Gasteiger charge is -2.06. The fraction of sp³-hybridized carbons (Fsp3) is 0.200. The number of rotatable bonds is 5. The van der Waals surface area contributed by atoms with Gasteiger partial charge >= 0.3 is 0 Å². The van der Waals surface area contributed by atoms with E-state index in [1.165, 1.54) is 17.3 Å². The Labute approximate surface area is 161 Å². The van der Waals surface area contributed by atoms with Crippen LogP contribution in [0.4, 0.5) is 5.69 Å². The monoisotopic (exact) mass is 377 g/mol. The van der Waals surface area contributed by atoms with Gasteiger partial charge in [-0.05, 0) is 30.2 Å². The van der Waals surface area contributed by atoms with E-state index < -0.39 is 0 Å². The molecule has 0 aliphatic carbocycles. The van der Waals surface area contributed by atoms with E-state index in [0.29, 0.717) is 5.16 Å². The molecule has 0 radical (unpaired) electrons. The predicted molar refractivity (Wildman–Crippen MR) is 109 cm³/mol. The molecule has 0 spiro atoms. The van der Waals surface area contributed by atoms with Gasteiger partial charge in [0.15, 0.2) is 5.65 Å². The molecule has 1 N–H and O–H groups in total. The molecule has 2 aromatic heterocycles. The van der Waals surface area contributed by atoms with Gasteiger partial charge in [0.05, 0.1) is 11.3 Å². The van der Waals surface area contributed by atoms with Crippen LogP contribution < -0.4 is 5.32 Å². The molecule has 1 amide bonds. The van der Waals surface area contributed by atoms with Crippen LogP contribution in [0.3, 0.4) is 0 Å². The van der Waals surface area contributed by atoms with Crippen molar-refractivity contribution in [3.8, 4) is 0 Å². The average molecular weight is 377 g/mol. The number of anilines is 1. The van der Waals surface area contributed by atoms with E-state index in [2.05, 4.69) is 27.4 Å². The van der Waals surface area contributed by atoms with Gasteiger partial charge in [-0.25, -0.2) is 4.98 Å². The number of hydrogen-bond donors (Lipinski definition) is 1. The molecule has 7 heteroatoms. The Morgan fingerprint density at radius 3 is 2.85 bits per heavy atom. The molecule has 6 nitrogen and oxygen atoms in total. The Kier molecular flexibility index (Phi) is 4.77. The normalized spacial score (nSPS) is 11.2. The summed E-state index contributed by atoms with van der Waals surface area (Å²) in [5.74, 6) is 0.141. The minimum Gasteiger partial charge on any atom is -0.327 e. The predicted octanol–water partition coefficient (Wildman–Crippen LogP) is 3.81. The lowest BCUT2D eigenvalue weighted by atomic mass is 10.1. The number of carbonyl (C=O) groups is 1. The third-order valence-corrected chi connectivity index (χ3v) is 5.28. The van der Waals surface area contributed by atoms with Crippen LogP contribution in [0.15, 0.2) is 53.7 Å². The van der Waals surface area contributed by atoms with Crippen molar-refractivity contribution in [3.63, 3.8) is 0 Å². The highest BCUT2D eigenvalue weighted by Gasteiger charge is 2.13. The number of fused-ring (bicyclic) bond motifs is 3. The quantitative estimate of drug-likeness (QED) is 0.536. The molecule has 27 heavy (non-hydrogen) atoms. The summed E-state index contributed by atoms with van der Waals surface area (Å²) in [6.45, 7) is 2.09. The topological polar surface area (TPSA) is 72.7 Å². The maximum atomic E-state index is 12.2. The SMILES string of the molecule is CCc1cccc(NC(=O)CSc2nnc3c4ccccc4n(C)c3n2)c1. The van der Waals surface area contributed by atoms with Gasteiger partial charge in [0.2, 0.25) is 11.1 Å². The number of aromatic nitrogens is 4. The molecule has 2 heterocycles. The van der Waals surface area contributed by atoms with E-state index in [1.807, 2.05) is 60.1 Å². The second-order valence-corrected chi connectivity index (χ2v) is 7.18. The Bertz CT molecular complexity index is 1140. The minimum atomic E-state index is -0.0889. The van der Waals surface area contributed by atoms with E-state index in [-0.39, 0.29) is 11.7 Å². The van der Waals surface area contributed by atoms with Crippen molar-refractivity contribution in [1.82, 2.24) is 19.7 Å². The molecule has 136 valence electrons. The van der Waals surface area contributed by atoms with Crippen molar-refractivity contribution in [2.75, 3.05) is 11.1 Å². The molecule has 0 fully saturated rings. The first-order valence-corrected chi connectivity index (χ1v) is 9.73. The molecule has 0 atom stereocenters. The number of hydrogen-bond acceptors (Lipinski definition) is 5. The van der Waals surface area contributed by atoms with Gasteiger partial charge in [0.1, 0.15) is 5.52 Å². The summed E-state index contributed by atoms with van der Waals surface area (Å²) >= 11 is 1.28. The number of thioether (sulfide) groups is 1. The highest BCUT2D eigenvalue weighted by molar-refractivity contribution is 7.99. The van der Waals surface area contributed by atoms with Crippen LogP contribution in [0, 0.1) is 0 Å². The minimum absolute atomic E-state index is 0.0889. The highest BCUT2D eigenvalue weighted by Crippen LogP contribution is 2.25. The first-order chi connectivity index (χ1) is 13.2. The standard InChI is InChI=1S/C20H19N5OS/c1-3-13-7-6-8-14(11-13)21-17(26)12-27-20-22-19-18(23-24-20)15-9-4-5-10-16(15)25(19)2/h4-11H,3,12H2,1-2H3,(H,21,26). The van der Waals surface area contributed by atoms with Crippen molar-refractivity contribution >= 4 is 45.4 Å². The number of benzene rings is 2. The maximum absolute atomic E-state index is 12.2. The third-order valence-electron chi connectivity index (χ3n) is 4.44. The van der Waals surface area contributed by atoms with E-state index in [9.17, 15) is 4.79 Å². The Morgan fingerprint density at radius 1 is 1.15 bits per heavy atom. The van der Waals surface area contributed by atoms with Crippen molar-refractivity contribution in [1.29, 1.82) is 0 Å². The molecular formula is C20H19N5OS. The Hall–Kier alpha value is -2.93. The maximum Gasteiger partial charge on any atom is 0.234 e. The molecule has 0 saturated carbocycles. The summed E-state index contributed by atoms with van der Waals surface area (Å²) in [5.41, 5.74) is 4.60. The number of amides is 1. The second-order valence-electron chi connectivity index (χ2n) is 6.23. The van der Waals surface area contributed by atoms with Gasteiger partial charge in [0.25, 0.3) is 0 Å². The number of carbonyl (C=O) groups excluding carboxylic acids is 1. The highest BCUT2D eigenvalue weighted by atomic mass is 32.2.